The van der Waals surface area contributed by atoms with E-state index in [0.29, 0.717) is 34.5 Å². The SMILES string of the molecule is C#CC=N/C=C(\C=C)c1cn(-c2c(F)ccc(NS(=O)(=O)CCC)c2F)c2cnc(N(C)C3CCNCC3)nc12.[HH].[HH]. The number of nitrogens with one attached hydrogen (secondary N) is 2. The molecule has 2 aromatic heterocycles. The first-order valence-corrected chi connectivity index (χ1v) is 14.5. The summed E-state index contributed by atoms with van der Waals surface area (Å²) >= 11 is 0. The average Bonchev–Trinajstić information content (AvgIpc) is 3.31. The minimum Gasteiger partial charge on any atom is -0.341 e. The summed E-state index contributed by atoms with van der Waals surface area (Å²) in [6.07, 6.45) is 14.7. The largest absolute Gasteiger partial charge is 0.341 e. The number of benzene rings is 1. The molecule has 9 nitrogen and oxygen atoms in total. The molecule has 1 aromatic carbocycles. The molecule has 214 valence electrons. The second-order valence-corrected chi connectivity index (χ2v) is 11.2. The van der Waals surface area contributed by atoms with E-state index in [2.05, 4.69) is 32.5 Å². The fraction of sp³-hybridized carbons (Fsp3) is 0.321. The zero-order valence-corrected chi connectivity index (χ0v) is 23.2. The Bertz CT molecular complexity index is 1630. The summed E-state index contributed by atoms with van der Waals surface area (Å²) in [6.45, 7) is 7.31. The van der Waals surface area contributed by atoms with Crippen LogP contribution >= 0.6 is 0 Å². The van der Waals surface area contributed by atoms with E-state index in [9.17, 15) is 8.42 Å². The summed E-state index contributed by atoms with van der Waals surface area (Å²) < 4.78 is 59.2. The van der Waals surface area contributed by atoms with E-state index in [0.717, 1.165) is 38.1 Å². The molecule has 1 fully saturated rings. The number of sulfonamides is 1. The quantitative estimate of drug-likeness (QED) is 0.207. The summed E-state index contributed by atoms with van der Waals surface area (Å²) in [5.74, 6) is 0.583. The molecule has 0 spiro atoms. The van der Waals surface area contributed by atoms with Gasteiger partial charge < -0.3 is 14.8 Å². The van der Waals surface area contributed by atoms with Crippen LogP contribution in [0, 0.1) is 24.0 Å². The Labute approximate surface area is 235 Å². The normalized spacial score (nSPS) is 14.9. The molecule has 0 atom stereocenters. The van der Waals surface area contributed by atoms with E-state index in [4.69, 9.17) is 11.4 Å². The molecule has 0 amide bonds. The van der Waals surface area contributed by atoms with E-state index < -0.39 is 27.3 Å². The van der Waals surface area contributed by atoms with Crippen LogP contribution in [0.4, 0.5) is 20.4 Å². The van der Waals surface area contributed by atoms with Gasteiger partial charge >= 0.3 is 0 Å². The van der Waals surface area contributed by atoms with Crippen LogP contribution in [0.5, 0.6) is 0 Å². The molecule has 3 heterocycles. The van der Waals surface area contributed by atoms with Gasteiger partial charge in [0.2, 0.25) is 16.0 Å². The second kappa shape index (κ2) is 12.4. The Kier molecular flexibility index (Phi) is 8.96. The maximum atomic E-state index is 15.8. The topological polar surface area (TPSA) is 105 Å². The van der Waals surface area contributed by atoms with Gasteiger partial charge in [0, 0.05) is 39.5 Å². The highest BCUT2D eigenvalue weighted by atomic mass is 32.2. The smallest absolute Gasteiger partial charge is 0.232 e. The number of hydrogen-bond donors (Lipinski definition) is 2. The molecule has 0 aliphatic carbocycles. The number of terminal acetylenes is 1. The van der Waals surface area contributed by atoms with Crippen LogP contribution in [-0.2, 0) is 10.0 Å². The fourth-order valence-electron chi connectivity index (χ4n) is 4.64. The number of anilines is 2. The number of nitrogens with zero attached hydrogens (tertiary/aromatic N) is 5. The Morgan fingerprint density at radius 1 is 1.40 bits per heavy atom. The summed E-state index contributed by atoms with van der Waals surface area (Å²) in [5, 5.41) is 3.33. The summed E-state index contributed by atoms with van der Waals surface area (Å²) in [7, 11) is -1.91. The van der Waals surface area contributed by atoms with E-state index in [1.807, 2.05) is 11.9 Å². The van der Waals surface area contributed by atoms with Crippen LogP contribution in [0.1, 0.15) is 34.6 Å². The number of piperidine rings is 1. The van der Waals surface area contributed by atoms with Crippen molar-refractivity contribution in [2.45, 2.75) is 32.2 Å². The molecule has 40 heavy (non-hydrogen) atoms. The van der Waals surface area contributed by atoms with Crippen molar-refractivity contribution in [1.82, 2.24) is 19.9 Å². The predicted molar refractivity (Wildman–Crippen MR) is 161 cm³/mol. The van der Waals surface area contributed by atoms with Gasteiger partial charge in [-0.05, 0) is 44.5 Å². The highest BCUT2D eigenvalue weighted by Crippen LogP contribution is 2.34. The molecule has 0 bridgehead atoms. The molecular formula is C28H35F2N7O2S. The highest BCUT2D eigenvalue weighted by molar-refractivity contribution is 7.92. The number of aliphatic imine (C=N–C) groups is 1. The third-order valence-corrected chi connectivity index (χ3v) is 8.12. The molecule has 2 N–H and O–H groups in total. The van der Waals surface area contributed by atoms with Crippen LogP contribution in [0.2, 0.25) is 0 Å². The number of allylic oxidation sites excluding steroid dienone is 2. The lowest BCUT2D eigenvalue weighted by Gasteiger charge is -2.31. The summed E-state index contributed by atoms with van der Waals surface area (Å²) in [6, 6.07) is 2.29. The van der Waals surface area contributed by atoms with Crippen LogP contribution in [-0.4, -0.2) is 61.1 Å². The van der Waals surface area contributed by atoms with Crippen molar-refractivity contribution in [3.8, 4) is 18.0 Å². The molecule has 0 radical (unpaired) electrons. The lowest BCUT2D eigenvalue weighted by Crippen LogP contribution is -2.41. The number of aromatic nitrogens is 3. The number of hydrogen-bond acceptors (Lipinski definition) is 7. The maximum absolute atomic E-state index is 15.8. The van der Waals surface area contributed by atoms with Gasteiger partial charge in [-0.1, -0.05) is 25.5 Å². The van der Waals surface area contributed by atoms with Crippen molar-refractivity contribution in [3.63, 3.8) is 0 Å². The average molecular weight is 572 g/mol. The standard InChI is InChI=1S/C28H31F2N7O2S.2H2/c1-5-12-32-16-19(7-3)21-18-37(27-22(29)8-9-23(25(27)30)35-40(38,39)15-6-2)24-17-33-28(34-26(21)24)36(4)20-10-13-31-14-11-20;;/h1,7-9,12,16-18,20,31,35H,3,6,10-11,13-15H2,2,4H3;2*1H/b19-16+,32-12?;;. The summed E-state index contributed by atoms with van der Waals surface area (Å²) in [5.41, 5.74) is 0.851. The van der Waals surface area contributed by atoms with Crippen LogP contribution in [0.15, 0.2) is 48.4 Å². The van der Waals surface area contributed by atoms with Gasteiger partial charge in [-0.25, -0.2) is 27.2 Å². The van der Waals surface area contributed by atoms with Crippen molar-refractivity contribution >= 4 is 44.5 Å². The van der Waals surface area contributed by atoms with Crippen molar-refractivity contribution in [2.24, 2.45) is 4.99 Å². The third-order valence-electron chi connectivity index (χ3n) is 6.64. The number of rotatable bonds is 10. The van der Waals surface area contributed by atoms with Crippen LogP contribution in [0.3, 0.4) is 0 Å². The molecule has 4 rings (SSSR count). The molecular weight excluding hydrogens is 536 g/mol. The Hall–Kier alpha value is -4.08. The summed E-state index contributed by atoms with van der Waals surface area (Å²) in [4.78, 5) is 15.4. The van der Waals surface area contributed by atoms with Gasteiger partial charge in [0.1, 0.15) is 17.0 Å². The Morgan fingerprint density at radius 2 is 2.15 bits per heavy atom. The lowest BCUT2D eigenvalue weighted by atomic mass is 10.1. The monoisotopic (exact) mass is 571 g/mol. The minimum atomic E-state index is -3.82. The van der Waals surface area contributed by atoms with Crippen molar-refractivity contribution in [3.05, 3.63) is 60.6 Å². The molecule has 1 saturated heterocycles. The Morgan fingerprint density at radius 3 is 2.83 bits per heavy atom. The first-order valence-electron chi connectivity index (χ1n) is 12.8. The van der Waals surface area contributed by atoms with Gasteiger partial charge in [-0.3, -0.25) is 9.71 Å². The molecule has 3 aromatic rings. The molecule has 0 unspecified atom stereocenters. The van der Waals surface area contributed by atoms with Crippen LogP contribution in [0.25, 0.3) is 22.3 Å². The first-order chi connectivity index (χ1) is 19.2. The molecule has 1 aliphatic rings. The maximum Gasteiger partial charge on any atom is 0.232 e. The van der Waals surface area contributed by atoms with Gasteiger partial charge in [0.05, 0.1) is 29.4 Å². The highest BCUT2D eigenvalue weighted by Gasteiger charge is 2.25. The Balaban J connectivity index is 0.00000308. The van der Waals surface area contributed by atoms with Crippen molar-refractivity contribution in [1.29, 1.82) is 0 Å². The zero-order chi connectivity index (χ0) is 28.9. The fourth-order valence-corrected chi connectivity index (χ4v) is 5.78. The van der Waals surface area contributed by atoms with Crippen molar-refractivity contribution in [2.75, 3.05) is 35.5 Å². The van der Waals surface area contributed by atoms with E-state index in [1.54, 1.807) is 6.92 Å². The van der Waals surface area contributed by atoms with Crippen molar-refractivity contribution < 1.29 is 20.1 Å². The van der Waals surface area contributed by atoms with Crippen LogP contribution < -0.4 is 14.9 Å². The first kappa shape index (κ1) is 28.9. The van der Waals surface area contributed by atoms with E-state index in [-0.39, 0.29) is 20.3 Å². The zero-order valence-electron chi connectivity index (χ0n) is 22.4. The van der Waals surface area contributed by atoms with Gasteiger partial charge in [0.15, 0.2) is 5.82 Å². The number of fused-ring (bicyclic) bond motifs is 1. The third kappa shape index (κ3) is 6.05. The van der Waals surface area contributed by atoms with E-state index >= 15 is 8.78 Å². The molecule has 1 aliphatic heterocycles. The second-order valence-electron chi connectivity index (χ2n) is 9.32. The van der Waals surface area contributed by atoms with Gasteiger partial charge in [-0.2, -0.15) is 0 Å². The lowest BCUT2D eigenvalue weighted by molar-refractivity contribution is 0.440. The predicted octanol–water partition coefficient (Wildman–Crippen LogP) is 4.76. The minimum absolute atomic E-state index is 0. The van der Waals surface area contributed by atoms with Gasteiger partial charge in [-0.15, -0.1) is 6.42 Å². The van der Waals surface area contributed by atoms with E-state index in [1.165, 1.54) is 35.5 Å². The number of halogens is 2. The molecule has 12 heteroatoms. The van der Waals surface area contributed by atoms with Gasteiger partial charge in [0.25, 0.3) is 0 Å². The molecule has 0 saturated carbocycles.